The SMILES string of the molecule is COCCOCC(=O)N1CCN(C(=O)C23CC4CC(CC(C4)C2)C3)CC1. The summed E-state index contributed by atoms with van der Waals surface area (Å²) in [5, 5.41) is 0. The maximum absolute atomic E-state index is 13.4. The summed E-state index contributed by atoms with van der Waals surface area (Å²) in [5.41, 5.74) is -0.0653. The topological polar surface area (TPSA) is 59.1 Å². The van der Waals surface area contributed by atoms with Crippen molar-refractivity contribution < 1.29 is 19.1 Å². The highest BCUT2D eigenvalue weighted by Gasteiger charge is 2.55. The van der Waals surface area contributed by atoms with Gasteiger partial charge in [-0.3, -0.25) is 9.59 Å². The van der Waals surface area contributed by atoms with E-state index in [1.54, 1.807) is 7.11 Å². The molecule has 1 saturated heterocycles. The number of methoxy groups -OCH3 is 1. The molecule has 0 radical (unpaired) electrons. The Morgan fingerprint density at radius 1 is 0.885 bits per heavy atom. The van der Waals surface area contributed by atoms with Gasteiger partial charge in [0.1, 0.15) is 6.61 Å². The second-order valence-electron chi connectivity index (χ2n) is 8.92. The first-order chi connectivity index (χ1) is 12.6. The van der Waals surface area contributed by atoms with Gasteiger partial charge in [0.05, 0.1) is 18.6 Å². The normalized spacial score (nSPS) is 35.8. The highest BCUT2D eigenvalue weighted by Crippen LogP contribution is 2.60. The molecule has 0 unspecified atom stereocenters. The lowest BCUT2D eigenvalue weighted by molar-refractivity contribution is -0.161. The molecule has 26 heavy (non-hydrogen) atoms. The van der Waals surface area contributed by atoms with Crippen molar-refractivity contribution in [3.63, 3.8) is 0 Å². The van der Waals surface area contributed by atoms with Crippen molar-refractivity contribution in [2.24, 2.45) is 23.2 Å². The zero-order valence-electron chi connectivity index (χ0n) is 16.0. The number of carbonyl (C=O) groups excluding carboxylic acids is 2. The maximum Gasteiger partial charge on any atom is 0.248 e. The molecule has 0 aromatic heterocycles. The van der Waals surface area contributed by atoms with Crippen LogP contribution in [-0.2, 0) is 19.1 Å². The highest BCUT2D eigenvalue weighted by atomic mass is 16.5. The predicted molar refractivity (Wildman–Crippen MR) is 96.5 cm³/mol. The standard InChI is InChI=1S/C20H32N2O4/c1-25-6-7-26-14-18(23)21-2-4-22(5-3-21)19(24)20-11-15-8-16(12-20)10-17(9-15)13-20/h15-17H,2-14H2,1H3. The van der Waals surface area contributed by atoms with Crippen LogP contribution < -0.4 is 0 Å². The Hall–Kier alpha value is -1.14. The molecule has 0 N–H and O–H groups in total. The van der Waals surface area contributed by atoms with Crippen LogP contribution in [0.1, 0.15) is 38.5 Å². The van der Waals surface area contributed by atoms with Crippen LogP contribution in [0, 0.1) is 23.2 Å². The molecule has 5 rings (SSSR count). The third-order valence-corrected chi connectivity index (χ3v) is 7.07. The van der Waals surface area contributed by atoms with Gasteiger partial charge in [-0.2, -0.15) is 0 Å². The molecular formula is C20H32N2O4. The summed E-state index contributed by atoms with van der Waals surface area (Å²) >= 11 is 0. The minimum absolute atomic E-state index is 0.0167. The Morgan fingerprint density at radius 3 is 1.96 bits per heavy atom. The first kappa shape index (κ1) is 18.2. The number of piperazine rings is 1. The van der Waals surface area contributed by atoms with Gasteiger partial charge in [-0.25, -0.2) is 0 Å². The van der Waals surface area contributed by atoms with E-state index in [1.807, 2.05) is 9.80 Å². The van der Waals surface area contributed by atoms with E-state index in [0.717, 1.165) is 37.0 Å². The molecule has 4 aliphatic carbocycles. The van der Waals surface area contributed by atoms with Crippen LogP contribution in [0.4, 0.5) is 0 Å². The summed E-state index contributed by atoms with van der Waals surface area (Å²) in [6, 6.07) is 0. The Labute approximate surface area is 156 Å². The number of hydrogen-bond donors (Lipinski definition) is 0. The van der Waals surface area contributed by atoms with E-state index < -0.39 is 0 Å². The van der Waals surface area contributed by atoms with E-state index >= 15 is 0 Å². The fraction of sp³-hybridized carbons (Fsp3) is 0.900. The van der Waals surface area contributed by atoms with E-state index in [-0.39, 0.29) is 17.9 Å². The van der Waals surface area contributed by atoms with E-state index in [4.69, 9.17) is 9.47 Å². The lowest BCUT2D eigenvalue weighted by Gasteiger charge is -2.57. The van der Waals surface area contributed by atoms with Gasteiger partial charge in [0.15, 0.2) is 0 Å². The zero-order valence-corrected chi connectivity index (χ0v) is 16.0. The molecule has 4 saturated carbocycles. The fourth-order valence-corrected chi connectivity index (χ4v) is 6.26. The van der Waals surface area contributed by atoms with Gasteiger partial charge in [-0.1, -0.05) is 0 Å². The Morgan fingerprint density at radius 2 is 1.42 bits per heavy atom. The number of nitrogens with zero attached hydrogens (tertiary/aromatic N) is 2. The van der Waals surface area contributed by atoms with Crippen molar-refractivity contribution in [1.82, 2.24) is 9.80 Å². The second-order valence-corrected chi connectivity index (χ2v) is 8.92. The summed E-state index contributed by atoms with van der Waals surface area (Å²) in [5.74, 6) is 2.77. The van der Waals surface area contributed by atoms with Crippen molar-refractivity contribution in [2.45, 2.75) is 38.5 Å². The van der Waals surface area contributed by atoms with Gasteiger partial charge in [0.25, 0.3) is 0 Å². The van der Waals surface area contributed by atoms with Crippen LogP contribution in [0.15, 0.2) is 0 Å². The van der Waals surface area contributed by atoms with Crippen LogP contribution in [0.2, 0.25) is 0 Å². The highest BCUT2D eigenvalue weighted by molar-refractivity contribution is 5.84. The molecule has 6 nitrogen and oxygen atoms in total. The summed E-state index contributed by atoms with van der Waals surface area (Å²) in [6.07, 6.45) is 7.42. The number of rotatable bonds is 6. The lowest BCUT2D eigenvalue weighted by atomic mass is 9.49. The van der Waals surface area contributed by atoms with Crippen LogP contribution in [0.5, 0.6) is 0 Å². The summed E-state index contributed by atoms with van der Waals surface area (Å²) in [7, 11) is 1.62. The molecular weight excluding hydrogens is 332 g/mol. The molecule has 5 aliphatic rings. The van der Waals surface area contributed by atoms with Crippen LogP contribution in [-0.4, -0.2) is 74.7 Å². The van der Waals surface area contributed by atoms with Gasteiger partial charge in [-0.15, -0.1) is 0 Å². The van der Waals surface area contributed by atoms with Crippen molar-refractivity contribution >= 4 is 11.8 Å². The van der Waals surface area contributed by atoms with Gasteiger partial charge in [-0.05, 0) is 56.3 Å². The number of hydrogen-bond acceptors (Lipinski definition) is 4. The van der Waals surface area contributed by atoms with Crippen molar-refractivity contribution in [3.8, 4) is 0 Å². The molecule has 1 heterocycles. The number of amides is 2. The fourth-order valence-electron chi connectivity index (χ4n) is 6.26. The van der Waals surface area contributed by atoms with Gasteiger partial charge < -0.3 is 19.3 Å². The molecule has 5 fully saturated rings. The average Bonchev–Trinajstić information content (AvgIpc) is 2.63. The van der Waals surface area contributed by atoms with Gasteiger partial charge in [0, 0.05) is 33.3 Å². The summed E-state index contributed by atoms with van der Waals surface area (Å²) in [4.78, 5) is 29.4. The molecule has 4 bridgehead atoms. The van der Waals surface area contributed by atoms with E-state index in [0.29, 0.717) is 45.3 Å². The summed E-state index contributed by atoms with van der Waals surface area (Å²) < 4.78 is 10.2. The maximum atomic E-state index is 13.4. The Balaban J connectivity index is 1.28. The molecule has 1 aliphatic heterocycles. The Bertz CT molecular complexity index is 507. The minimum Gasteiger partial charge on any atom is -0.382 e. The largest absolute Gasteiger partial charge is 0.382 e. The van der Waals surface area contributed by atoms with Crippen LogP contribution in [0.3, 0.4) is 0 Å². The molecule has 0 aromatic rings. The Kier molecular flexibility index (Phi) is 5.24. The lowest BCUT2D eigenvalue weighted by Crippen LogP contribution is -2.58. The molecule has 6 heteroatoms. The molecule has 2 amide bonds. The molecule has 0 atom stereocenters. The minimum atomic E-state index is -0.0653. The van der Waals surface area contributed by atoms with Crippen molar-refractivity contribution in [1.29, 1.82) is 0 Å². The van der Waals surface area contributed by atoms with Crippen LogP contribution >= 0.6 is 0 Å². The predicted octanol–water partition coefficient (Wildman–Crippen LogP) is 1.54. The smallest absolute Gasteiger partial charge is 0.248 e. The third-order valence-electron chi connectivity index (χ3n) is 7.07. The van der Waals surface area contributed by atoms with Crippen LogP contribution in [0.25, 0.3) is 0 Å². The average molecular weight is 364 g/mol. The van der Waals surface area contributed by atoms with E-state index in [1.165, 1.54) is 19.3 Å². The quantitative estimate of drug-likeness (QED) is 0.671. The number of carbonyl (C=O) groups is 2. The van der Waals surface area contributed by atoms with Crippen molar-refractivity contribution in [2.75, 3.05) is 53.1 Å². The van der Waals surface area contributed by atoms with Gasteiger partial charge in [0.2, 0.25) is 11.8 Å². The van der Waals surface area contributed by atoms with Crippen molar-refractivity contribution in [3.05, 3.63) is 0 Å². The first-order valence-electron chi connectivity index (χ1n) is 10.2. The molecule has 146 valence electrons. The van der Waals surface area contributed by atoms with E-state index in [2.05, 4.69) is 0 Å². The monoisotopic (exact) mass is 364 g/mol. The van der Waals surface area contributed by atoms with Gasteiger partial charge >= 0.3 is 0 Å². The zero-order chi connectivity index (χ0) is 18.1. The second kappa shape index (κ2) is 7.47. The number of ether oxygens (including phenoxy) is 2. The summed E-state index contributed by atoms with van der Waals surface area (Å²) in [6.45, 7) is 3.64. The first-order valence-corrected chi connectivity index (χ1v) is 10.2. The third kappa shape index (κ3) is 3.50. The van der Waals surface area contributed by atoms with E-state index in [9.17, 15) is 9.59 Å². The molecule has 0 aromatic carbocycles. The molecule has 0 spiro atoms.